The lowest BCUT2D eigenvalue weighted by molar-refractivity contribution is -0.128. The lowest BCUT2D eigenvalue weighted by Crippen LogP contribution is -2.40. The number of nitrogens with one attached hydrogen (secondary N) is 1. The van der Waals surface area contributed by atoms with Gasteiger partial charge in [0.25, 0.3) is 0 Å². The van der Waals surface area contributed by atoms with Gasteiger partial charge in [-0.15, -0.1) is 0 Å². The topological polar surface area (TPSA) is 78.9 Å². The van der Waals surface area contributed by atoms with E-state index in [1.807, 2.05) is 24.3 Å². The maximum Gasteiger partial charge on any atom is 0.407 e. The van der Waals surface area contributed by atoms with Crippen molar-refractivity contribution in [2.75, 3.05) is 26.2 Å². The number of nitrogens with zero attached hydrogens (tertiary/aromatic N) is 1. The highest BCUT2D eigenvalue weighted by Gasteiger charge is 2.29. The van der Waals surface area contributed by atoms with Gasteiger partial charge in [-0.05, 0) is 28.7 Å². The Bertz CT molecular complexity index is 837. The number of hydrogen-bond donors (Lipinski definition) is 2. The smallest absolute Gasteiger partial charge is 0.407 e. The van der Waals surface area contributed by atoms with Gasteiger partial charge in [-0.1, -0.05) is 48.5 Å². The average molecular weight is 380 g/mol. The fraction of sp³-hybridized carbons (Fsp3) is 0.364. The lowest BCUT2D eigenvalue weighted by Gasteiger charge is -2.20. The van der Waals surface area contributed by atoms with Crippen molar-refractivity contribution in [3.05, 3.63) is 59.7 Å². The zero-order valence-corrected chi connectivity index (χ0v) is 15.6. The molecule has 1 atom stereocenters. The normalized spacial score (nSPS) is 16.6. The summed E-state index contributed by atoms with van der Waals surface area (Å²) in [5, 5.41) is 12.6. The quantitative estimate of drug-likeness (QED) is 0.807. The first-order valence-electron chi connectivity index (χ1n) is 9.68. The van der Waals surface area contributed by atoms with Gasteiger partial charge in [0.1, 0.15) is 6.61 Å². The Labute approximate surface area is 164 Å². The Hall–Kier alpha value is -2.86. The fourth-order valence-electron chi connectivity index (χ4n) is 4.07. The molecule has 0 aromatic heterocycles. The molecule has 2 amide bonds. The molecule has 1 heterocycles. The SMILES string of the molecule is O=C(NCC(O)CN1CCCC1=O)OCC1c2ccccc2-c2ccccc21. The number of hydrogen-bond acceptors (Lipinski definition) is 4. The Balaban J connectivity index is 1.31. The molecule has 2 N–H and O–H groups in total. The molecule has 4 rings (SSSR count). The largest absolute Gasteiger partial charge is 0.449 e. The maximum atomic E-state index is 12.1. The molecular formula is C22H24N2O4. The Morgan fingerprint density at radius 3 is 2.39 bits per heavy atom. The van der Waals surface area contributed by atoms with Crippen molar-refractivity contribution in [2.45, 2.75) is 24.9 Å². The second-order valence-corrected chi connectivity index (χ2v) is 7.30. The van der Waals surface area contributed by atoms with Crippen molar-refractivity contribution < 1.29 is 19.4 Å². The third kappa shape index (κ3) is 3.73. The van der Waals surface area contributed by atoms with E-state index in [4.69, 9.17) is 4.74 Å². The van der Waals surface area contributed by atoms with Crippen molar-refractivity contribution in [3.63, 3.8) is 0 Å². The summed E-state index contributed by atoms with van der Waals surface area (Å²) in [6, 6.07) is 16.3. The van der Waals surface area contributed by atoms with Crippen LogP contribution in [0.25, 0.3) is 11.1 Å². The third-order valence-corrected chi connectivity index (χ3v) is 5.43. The number of fused-ring (bicyclic) bond motifs is 3. The molecule has 1 aliphatic heterocycles. The van der Waals surface area contributed by atoms with Crippen LogP contribution in [0.2, 0.25) is 0 Å². The van der Waals surface area contributed by atoms with E-state index in [-0.39, 0.29) is 31.5 Å². The number of rotatable bonds is 6. The number of likely N-dealkylation sites (tertiary alicyclic amines) is 1. The zero-order chi connectivity index (χ0) is 19.5. The molecule has 0 spiro atoms. The van der Waals surface area contributed by atoms with Gasteiger partial charge in [0, 0.05) is 32.0 Å². The number of aliphatic hydroxyl groups is 1. The van der Waals surface area contributed by atoms with Crippen LogP contribution in [0.4, 0.5) is 4.79 Å². The highest BCUT2D eigenvalue weighted by molar-refractivity contribution is 5.79. The minimum atomic E-state index is -0.803. The van der Waals surface area contributed by atoms with Crippen LogP contribution in [0.1, 0.15) is 29.9 Å². The standard InChI is InChI=1S/C22H24N2O4/c25-15(13-24-11-5-10-21(24)26)12-23-22(27)28-14-20-18-8-3-1-6-16(18)17-7-2-4-9-19(17)20/h1-4,6-9,15,20,25H,5,10-14H2,(H,23,27). The summed E-state index contributed by atoms with van der Waals surface area (Å²) in [4.78, 5) is 25.3. The fourth-order valence-corrected chi connectivity index (χ4v) is 4.07. The van der Waals surface area contributed by atoms with Crippen LogP contribution in [-0.2, 0) is 9.53 Å². The molecule has 1 fully saturated rings. The summed E-state index contributed by atoms with van der Waals surface area (Å²) >= 11 is 0. The molecule has 146 valence electrons. The van der Waals surface area contributed by atoms with Crippen molar-refractivity contribution >= 4 is 12.0 Å². The van der Waals surface area contributed by atoms with Crippen LogP contribution in [-0.4, -0.2) is 54.4 Å². The van der Waals surface area contributed by atoms with E-state index in [9.17, 15) is 14.7 Å². The summed E-state index contributed by atoms with van der Waals surface area (Å²) in [5.41, 5.74) is 4.67. The van der Waals surface area contributed by atoms with Gasteiger partial charge in [-0.2, -0.15) is 0 Å². The van der Waals surface area contributed by atoms with E-state index in [0.29, 0.717) is 13.0 Å². The molecule has 2 aliphatic rings. The molecule has 0 saturated carbocycles. The highest BCUT2D eigenvalue weighted by Crippen LogP contribution is 2.44. The van der Waals surface area contributed by atoms with Crippen LogP contribution in [0, 0.1) is 0 Å². The molecule has 1 saturated heterocycles. The molecule has 1 aliphatic carbocycles. The monoisotopic (exact) mass is 380 g/mol. The second kappa shape index (κ2) is 8.02. The van der Waals surface area contributed by atoms with E-state index in [2.05, 4.69) is 29.6 Å². The third-order valence-electron chi connectivity index (χ3n) is 5.43. The Morgan fingerprint density at radius 1 is 1.14 bits per heavy atom. The Morgan fingerprint density at radius 2 is 1.79 bits per heavy atom. The number of carbonyl (C=O) groups excluding carboxylic acids is 2. The average Bonchev–Trinajstić information content (AvgIpc) is 3.26. The molecule has 2 aromatic carbocycles. The predicted molar refractivity (Wildman–Crippen MR) is 105 cm³/mol. The van der Waals surface area contributed by atoms with Gasteiger partial charge in [-0.25, -0.2) is 4.79 Å². The van der Waals surface area contributed by atoms with Crippen LogP contribution >= 0.6 is 0 Å². The van der Waals surface area contributed by atoms with Gasteiger partial charge in [0.15, 0.2) is 0 Å². The summed E-state index contributed by atoms with van der Waals surface area (Å²) in [7, 11) is 0. The van der Waals surface area contributed by atoms with Gasteiger partial charge in [-0.3, -0.25) is 4.79 Å². The summed E-state index contributed by atoms with van der Waals surface area (Å²) in [6.07, 6.45) is -0.00562. The molecule has 1 unspecified atom stereocenters. The van der Waals surface area contributed by atoms with E-state index in [1.54, 1.807) is 4.90 Å². The van der Waals surface area contributed by atoms with Crippen LogP contribution in [0.5, 0.6) is 0 Å². The summed E-state index contributed by atoms with van der Waals surface area (Å²) < 4.78 is 5.44. The maximum absolute atomic E-state index is 12.1. The second-order valence-electron chi connectivity index (χ2n) is 7.30. The van der Waals surface area contributed by atoms with Crippen LogP contribution in [0.15, 0.2) is 48.5 Å². The molecule has 0 radical (unpaired) electrons. The van der Waals surface area contributed by atoms with E-state index < -0.39 is 12.2 Å². The zero-order valence-electron chi connectivity index (χ0n) is 15.6. The van der Waals surface area contributed by atoms with Crippen LogP contribution < -0.4 is 5.32 Å². The number of benzene rings is 2. The summed E-state index contributed by atoms with van der Waals surface area (Å²) in [6.45, 7) is 1.20. The lowest BCUT2D eigenvalue weighted by atomic mass is 9.98. The van der Waals surface area contributed by atoms with E-state index >= 15 is 0 Å². The van der Waals surface area contributed by atoms with Gasteiger partial charge in [0.2, 0.25) is 5.91 Å². The number of carbonyl (C=O) groups is 2. The van der Waals surface area contributed by atoms with Gasteiger partial charge < -0.3 is 20.1 Å². The van der Waals surface area contributed by atoms with E-state index in [0.717, 1.165) is 17.5 Å². The number of aliphatic hydroxyl groups excluding tert-OH is 1. The number of β-amino-alcohol motifs (C(OH)–C–C–N with tert-alkyl or cyclic N) is 1. The number of ether oxygens (including phenoxy) is 1. The van der Waals surface area contributed by atoms with Gasteiger partial charge >= 0.3 is 6.09 Å². The number of amides is 2. The molecule has 0 bridgehead atoms. The molecule has 2 aromatic rings. The molecule has 6 nitrogen and oxygen atoms in total. The predicted octanol–water partition coefficient (Wildman–Crippen LogP) is 2.51. The van der Waals surface area contributed by atoms with Crippen molar-refractivity contribution in [1.82, 2.24) is 10.2 Å². The molecular weight excluding hydrogens is 356 g/mol. The van der Waals surface area contributed by atoms with Crippen LogP contribution in [0.3, 0.4) is 0 Å². The van der Waals surface area contributed by atoms with Crippen molar-refractivity contribution in [2.24, 2.45) is 0 Å². The minimum absolute atomic E-state index is 0.00490. The Kier molecular flexibility index (Phi) is 5.30. The number of alkyl carbamates (subject to hydrolysis) is 1. The van der Waals surface area contributed by atoms with Crippen molar-refractivity contribution in [3.8, 4) is 11.1 Å². The minimum Gasteiger partial charge on any atom is -0.449 e. The summed E-state index contributed by atoms with van der Waals surface area (Å²) in [5.74, 6) is 0.0606. The van der Waals surface area contributed by atoms with Crippen molar-refractivity contribution in [1.29, 1.82) is 0 Å². The first kappa shape index (κ1) is 18.5. The first-order valence-corrected chi connectivity index (χ1v) is 9.68. The van der Waals surface area contributed by atoms with Gasteiger partial charge in [0.05, 0.1) is 6.10 Å². The first-order chi connectivity index (χ1) is 13.6. The molecule has 6 heteroatoms. The van der Waals surface area contributed by atoms with E-state index in [1.165, 1.54) is 11.1 Å². The highest BCUT2D eigenvalue weighted by atomic mass is 16.5. The molecule has 28 heavy (non-hydrogen) atoms.